The monoisotopic (exact) mass is 340 g/mol. The maximum atomic E-state index is 12.7. The number of para-hydroxylation sites is 1. The summed E-state index contributed by atoms with van der Waals surface area (Å²) in [6, 6.07) is 11.5. The largest absolute Gasteiger partial charge is 0.474 e. The SMILES string of the molecule is C[C@@H](Oc1ccc(C=O)cc1[N+](=O)[O-])C(=O)N1CCc2ccccc21. The Morgan fingerprint density at radius 3 is 2.80 bits per heavy atom. The summed E-state index contributed by atoms with van der Waals surface area (Å²) in [6.07, 6.45) is 0.391. The Balaban J connectivity index is 1.81. The van der Waals surface area contributed by atoms with E-state index in [1.807, 2.05) is 24.3 Å². The van der Waals surface area contributed by atoms with Crippen LogP contribution in [-0.2, 0) is 11.2 Å². The lowest BCUT2D eigenvalue weighted by Crippen LogP contribution is -2.39. The first kappa shape index (κ1) is 16.6. The number of benzene rings is 2. The second kappa shape index (κ2) is 6.72. The summed E-state index contributed by atoms with van der Waals surface area (Å²) < 4.78 is 5.55. The van der Waals surface area contributed by atoms with E-state index in [1.165, 1.54) is 12.1 Å². The molecule has 1 aliphatic rings. The van der Waals surface area contributed by atoms with E-state index in [1.54, 1.807) is 11.8 Å². The van der Waals surface area contributed by atoms with Gasteiger partial charge in [-0.1, -0.05) is 18.2 Å². The summed E-state index contributed by atoms with van der Waals surface area (Å²) in [4.78, 5) is 35.7. The number of ether oxygens (including phenoxy) is 1. The van der Waals surface area contributed by atoms with Crippen molar-refractivity contribution in [3.8, 4) is 5.75 Å². The number of amides is 1. The van der Waals surface area contributed by atoms with Gasteiger partial charge in [0.25, 0.3) is 5.91 Å². The van der Waals surface area contributed by atoms with Crippen LogP contribution in [0.2, 0.25) is 0 Å². The molecule has 0 radical (unpaired) electrons. The van der Waals surface area contributed by atoms with E-state index >= 15 is 0 Å². The molecule has 0 saturated heterocycles. The van der Waals surface area contributed by atoms with Crippen molar-refractivity contribution in [3.63, 3.8) is 0 Å². The number of hydrogen-bond donors (Lipinski definition) is 0. The Bertz CT molecular complexity index is 849. The summed E-state index contributed by atoms with van der Waals surface area (Å²) in [5.41, 5.74) is 1.76. The second-order valence-corrected chi connectivity index (χ2v) is 5.73. The first-order valence-corrected chi connectivity index (χ1v) is 7.81. The lowest BCUT2D eigenvalue weighted by Gasteiger charge is -2.22. The van der Waals surface area contributed by atoms with Gasteiger partial charge in [0.1, 0.15) is 6.29 Å². The number of carbonyl (C=O) groups is 2. The van der Waals surface area contributed by atoms with Crippen LogP contribution in [0.4, 0.5) is 11.4 Å². The number of fused-ring (bicyclic) bond motifs is 1. The third-order valence-electron chi connectivity index (χ3n) is 4.12. The molecule has 1 atom stereocenters. The summed E-state index contributed by atoms with van der Waals surface area (Å²) in [7, 11) is 0. The third kappa shape index (κ3) is 3.21. The molecular weight excluding hydrogens is 324 g/mol. The Labute approximate surface area is 144 Å². The fourth-order valence-electron chi connectivity index (χ4n) is 2.88. The number of hydrogen-bond acceptors (Lipinski definition) is 5. The highest BCUT2D eigenvalue weighted by atomic mass is 16.6. The van der Waals surface area contributed by atoms with Crippen molar-refractivity contribution in [2.24, 2.45) is 0 Å². The second-order valence-electron chi connectivity index (χ2n) is 5.73. The van der Waals surface area contributed by atoms with E-state index in [4.69, 9.17) is 4.74 Å². The molecule has 3 rings (SSSR count). The van der Waals surface area contributed by atoms with Crippen LogP contribution in [0, 0.1) is 10.1 Å². The Morgan fingerprint density at radius 2 is 2.08 bits per heavy atom. The zero-order valence-corrected chi connectivity index (χ0v) is 13.5. The molecule has 0 spiro atoms. The molecule has 0 aliphatic carbocycles. The highest BCUT2D eigenvalue weighted by Gasteiger charge is 2.30. The predicted octanol–water partition coefficient (Wildman–Crippen LogP) is 2.76. The van der Waals surface area contributed by atoms with Gasteiger partial charge in [0.15, 0.2) is 11.9 Å². The minimum atomic E-state index is -0.896. The van der Waals surface area contributed by atoms with Crippen LogP contribution in [0.3, 0.4) is 0 Å². The number of carbonyl (C=O) groups excluding carboxylic acids is 2. The zero-order chi connectivity index (χ0) is 18.0. The highest BCUT2D eigenvalue weighted by molar-refractivity contribution is 5.98. The summed E-state index contributed by atoms with van der Waals surface area (Å²) in [6.45, 7) is 2.11. The first-order valence-electron chi connectivity index (χ1n) is 7.81. The van der Waals surface area contributed by atoms with E-state index in [0.717, 1.165) is 23.7 Å². The molecule has 2 aromatic rings. The van der Waals surface area contributed by atoms with Crippen LogP contribution < -0.4 is 9.64 Å². The van der Waals surface area contributed by atoms with Crippen LogP contribution >= 0.6 is 0 Å². The Hall–Kier alpha value is -3.22. The summed E-state index contributed by atoms with van der Waals surface area (Å²) in [5, 5.41) is 11.2. The number of nitro benzene ring substituents is 1. The number of rotatable bonds is 5. The average molecular weight is 340 g/mol. The Morgan fingerprint density at radius 1 is 1.32 bits per heavy atom. The topological polar surface area (TPSA) is 89.7 Å². The molecule has 1 amide bonds. The molecule has 7 nitrogen and oxygen atoms in total. The van der Waals surface area contributed by atoms with Gasteiger partial charge in [-0.05, 0) is 37.1 Å². The van der Waals surface area contributed by atoms with Gasteiger partial charge in [-0.15, -0.1) is 0 Å². The molecule has 25 heavy (non-hydrogen) atoms. The van der Waals surface area contributed by atoms with Crippen molar-refractivity contribution in [1.82, 2.24) is 0 Å². The lowest BCUT2D eigenvalue weighted by atomic mass is 10.2. The van der Waals surface area contributed by atoms with E-state index in [-0.39, 0.29) is 22.9 Å². The van der Waals surface area contributed by atoms with Crippen molar-refractivity contribution in [1.29, 1.82) is 0 Å². The van der Waals surface area contributed by atoms with Gasteiger partial charge in [-0.3, -0.25) is 19.7 Å². The van der Waals surface area contributed by atoms with Gasteiger partial charge in [0, 0.05) is 23.9 Å². The van der Waals surface area contributed by atoms with Crippen LogP contribution in [0.15, 0.2) is 42.5 Å². The number of nitrogens with zero attached hydrogens (tertiary/aromatic N) is 2. The molecule has 0 saturated carbocycles. The van der Waals surface area contributed by atoms with Crippen molar-refractivity contribution < 1.29 is 19.2 Å². The van der Waals surface area contributed by atoms with Crippen LogP contribution in [0.25, 0.3) is 0 Å². The van der Waals surface area contributed by atoms with E-state index in [2.05, 4.69) is 0 Å². The molecule has 0 bridgehead atoms. The van der Waals surface area contributed by atoms with Crippen molar-refractivity contribution in [3.05, 3.63) is 63.7 Å². The van der Waals surface area contributed by atoms with Crippen LogP contribution in [0.5, 0.6) is 5.75 Å². The van der Waals surface area contributed by atoms with Gasteiger partial charge in [0.2, 0.25) is 0 Å². The summed E-state index contributed by atoms with van der Waals surface area (Å²) in [5.74, 6) is -0.303. The van der Waals surface area contributed by atoms with Gasteiger partial charge in [-0.25, -0.2) is 0 Å². The van der Waals surface area contributed by atoms with E-state index < -0.39 is 11.0 Å². The van der Waals surface area contributed by atoms with Gasteiger partial charge in [-0.2, -0.15) is 0 Å². The predicted molar refractivity (Wildman–Crippen MR) is 91.1 cm³/mol. The molecule has 128 valence electrons. The smallest absolute Gasteiger partial charge is 0.311 e. The molecule has 0 unspecified atom stereocenters. The fraction of sp³-hybridized carbons (Fsp3) is 0.222. The molecule has 7 heteroatoms. The minimum absolute atomic E-state index is 0.0380. The normalized spacial score (nSPS) is 13.9. The number of anilines is 1. The molecule has 0 aromatic heterocycles. The van der Waals surface area contributed by atoms with Crippen molar-refractivity contribution in [2.75, 3.05) is 11.4 Å². The fourth-order valence-corrected chi connectivity index (χ4v) is 2.88. The van der Waals surface area contributed by atoms with E-state index in [9.17, 15) is 19.7 Å². The molecule has 2 aromatic carbocycles. The van der Waals surface area contributed by atoms with Crippen LogP contribution in [0.1, 0.15) is 22.8 Å². The Kier molecular flexibility index (Phi) is 4.47. The van der Waals surface area contributed by atoms with Gasteiger partial charge >= 0.3 is 5.69 Å². The molecule has 0 fully saturated rings. The highest BCUT2D eigenvalue weighted by Crippen LogP contribution is 2.31. The average Bonchev–Trinajstić information content (AvgIpc) is 3.05. The summed E-state index contributed by atoms with van der Waals surface area (Å²) >= 11 is 0. The molecular formula is C18H16N2O5. The van der Waals surface area contributed by atoms with Crippen molar-refractivity contribution in [2.45, 2.75) is 19.4 Å². The quantitative estimate of drug-likeness (QED) is 0.474. The van der Waals surface area contributed by atoms with Crippen molar-refractivity contribution >= 4 is 23.6 Å². The number of nitro groups is 1. The maximum absolute atomic E-state index is 12.7. The third-order valence-corrected chi connectivity index (χ3v) is 4.12. The minimum Gasteiger partial charge on any atom is -0.474 e. The zero-order valence-electron chi connectivity index (χ0n) is 13.5. The van der Waals surface area contributed by atoms with Gasteiger partial charge in [0.05, 0.1) is 4.92 Å². The molecule has 1 heterocycles. The molecule has 1 aliphatic heterocycles. The first-order chi connectivity index (χ1) is 12.0. The standard InChI is InChI=1S/C18H16N2O5/c1-12(18(22)19-9-8-14-4-2-3-5-15(14)19)25-17-7-6-13(11-21)10-16(17)20(23)24/h2-7,10-12H,8-9H2,1H3/t12-/m1/s1. The maximum Gasteiger partial charge on any atom is 0.311 e. The lowest BCUT2D eigenvalue weighted by molar-refractivity contribution is -0.386. The van der Waals surface area contributed by atoms with E-state index in [0.29, 0.717) is 12.8 Å². The van der Waals surface area contributed by atoms with Gasteiger partial charge < -0.3 is 9.64 Å². The molecule has 0 N–H and O–H groups in total. The number of aldehydes is 1. The van der Waals surface area contributed by atoms with Crippen LogP contribution in [-0.4, -0.2) is 29.8 Å².